The fourth-order valence-corrected chi connectivity index (χ4v) is 1.54. The van der Waals surface area contributed by atoms with Crippen molar-refractivity contribution in [2.45, 2.75) is 44.9 Å². The number of hydrogen-bond donors (Lipinski definition) is 0. The molecule has 1 fully saturated rings. The van der Waals surface area contributed by atoms with Gasteiger partial charge in [-0.15, -0.1) is 0 Å². The third-order valence-corrected chi connectivity index (χ3v) is 2.22. The standard InChI is InChI=1S/C9H17/c1-9-7-5-3-2-4-6-8-9/h9H,1-8H2. The molecule has 9 heavy (non-hydrogen) atoms. The van der Waals surface area contributed by atoms with E-state index in [2.05, 4.69) is 6.92 Å². The lowest BCUT2D eigenvalue weighted by atomic mass is 9.93. The zero-order valence-corrected chi connectivity index (χ0v) is 6.23. The highest BCUT2D eigenvalue weighted by atomic mass is 14.1. The number of rotatable bonds is 0. The van der Waals surface area contributed by atoms with E-state index < -0.39 is 0 Å². The third kappa shape index (κ3) is 2.88. The predicted octanol–water partition coefficient (Wildman–Crippen LogP) is 3.18. The van der Waals surface area contributed by atoms with E-state index in [1.54, 1.807) is 0 Å². The molecular weight excluding hydrogens is 108 g/mol. The lowest BCUT2D eigenvalue weighted by Crippen LogP contribution is -1.98. The summed E-state index contributed by atoms with van der Waals surface area (Å²) in [7, 11) is 0. The summed E-state index contributed by atoms with van der Waals surface area (Å²) in [5, 5.41) is 0. The molecule has 0 unspecified atom stereocenters. The minimum absolute atomic E-state index is 0.769. The molecule has 0 N–H and O–H groups in total. The van der Waals surface area contributed by atoms with Crippen molar-refractivity contribution in [3.63, 3.8) is 0 Å². The van der Waals surface area contributed by atoms with E-state index >= 15 is 0 Å². The van der Waals surface area contributed by atoms with Gasteiger partial charge in [0.2, 0.25) is 0 Å². The van der Waals surface area contributed by atoms with Crippen molar-refractivity contribution in [1.82, 2.24) is 0 Å². The van der Waals surface area contributed by atoms with E-state index in [0.717, 1.165) is 5.92 Å². The van der Waals surface area contributed by atoms with Gasteiger partial charge in [0.25, 0.3) is 0 Å². The van der Waals surface area contributed by atoms with Crippen LogP contribution in [0.5, 0.6) is 0 Å². The quantitative estimate of drug-likeness (QED) is 0.466. The maximum Gasteiger partial charge on any atom is -0.0414 e. The molecule has 0 bridgehead atoms. The smallest absolute Gasteiger partial charge is 0.0414 e. The fraction of sp³-hybridized carbons (Fsp3) is 0.889. The van der Waals surface area contributed by atoms with Crippen LogP contribution < -0.4 is 0 Å². The highest BCUT2D eigenvalue weighted by Crippen LogP contribution is 2.20. The molecule has 1 saturated carbocycles. The Balaban J connectivity index is 2.12. The molecule has 0 aromatic carbocycles. The van der Waals surface area contributed by atoms with Gasteiger partial charge in [-0.25, -0.2) is 0 Å². The van der Waals surface area contributed by atoms with Gasteiger partial charge in [0.15, 0.2) is 0 Å². The van der Waals surface area contributed by atoms with Crippen molar-refractivity contribution in [2.24, 2.45) is 5.92 Å². The van der Waals surface area contributed by atoms with Gasteiger partial charge in [-0.3, -0.25) is 0 Å². The van der Waals surface area contributed by atoms with Crippen LogP contribution in [0.4, 0.5) is 0 Å². The molecule has 0 amide bonds. The van der Waals surface area contributed by atoms with Gasteiger partial charge in [0.1, 0.15) is 0 Å². The minimum Gasteiger partial charge on any atom is -0.0533 e. The number of hydrogen-bond acceptors (Lipinski definition) is 0. The Kier molecular flexibility index (Phi) is 3.10. The SMILES string of the molecule is [CH2]C1CCCCCCC1. The van der Waals surface area contributed by atoms with Gasteiger partial charge in [-0.1, -0.05) is 51.9 Å². The lowest BCUT2D eigenvalue weighted by molar-refractivity contribution is 0.432. The van der Waals surface area contributed by atoms with Gasteiger partial charge in [-0.05, 0) is 5.92 Å². The van der Waals surface area contributed by atoms with E-state index in [9.17, 15) is 0 Å². The molecule has 0 spiro atoms. The first-order chi connectivity index (χ1) is 4.39. The molecule has 0 heteroatoms. The van der Waals surface area contributed by atoms with Crippen LogP contribution in [0, 0.1) is 12.8 Å². The second-order valence-electron chi connectivity index (χ2n) is 3.21. The summed E-state index contributed by atoms with van der Waals surface area (Å²) in [5.41, 5.74) is 0. The minimum atomic E-state index is 0.769. The highest BCUT2D eigenvalue weighted by Gasteiger charge is 2.04. The summed E-state index contributed by atoms with van der Waals surface area (Å²) in [5.74, 6) is 0.769. The molecule has 53 valence electrons. The van der Waals surface area contributed by atoms with Gasteiger partial charge in [0.05, 0.1) is 0 Å². The van der Waals surface area contributed by atoms with Gasteiger partial charge in [-0.2, -0.15) is 0 Å². The molecule has 1 rings (SSSR count). The second kappa shape index (κ2) is 3.92. The highest BCUT2D eigenvalue weighted by molar-refractivity contribution is 4.64. The largest absolute Gasteiger partial charge is 0.0533 e. The summed E-state index contributed by atoms with van der Waals surface area (Å²) in [6.45, 7) is 4.10. The van der Waals surface area contributed by atoms with Crippen molar-refractivity contribution < 1.29 is 0 Å². The molecular formula is C9H17. The Morgan fingerprint density at radius 1 is 0.778 bits per heavy atom. The first kappa shape index (κ1) is 7.11. The van der Waals surface area contributed by atoms with Crippen molar-refractivity contribution in [3.05, 3.63) is 6.92 Å². The van der Waals surface area contributed by atoms with Gasteiger partial charge in [0, 0.05) is 0 Å². The summed E-state index contributed by atoms with van der Waals surface area (Å²) >= 11 is 0. The second-order valence-corrected chi connectivity index (χ2v) is 3.21. The first-order valence-electron chi connectivity index (χ1n) is 4.22. The van der Waals surface area contributed by atoms with E-state index in [4.69, 9.17) is 0 Å². The molecule has 1 radical (unpaired) electrons. The molecule has 0 heterocycles. The van der Waals surface area contributed by atoms with Crippen LogP contribution in [0.25, 0.3) is 0 Å². The normalized spacial score (nSPS) is 25.0. The average Bonchev–Trinajstić information content (AvgIpc) is 1.79. The van der Waals surface area contributed by atoms with E-state index in [1.807, 2.05) is 0 Å². The van der Waals surface area contributed by atoms with Crippen LogP contribution in [0.1, 0.15) is 44.9 Å². The van der Waals surface area contributed by atoms with Crippen molar-refractivity contribution >= 4 is 0 Å². The topological polar surface area (TPSA) is 0 Å². The van der Waals surface area contributed by atoms with Crippen LogP contribution in [0.15, 0.2) is 0 Å². The zero-order chi connectivity index (χ0) is 6.53. The lowest BCUT2D eigenvalue weighted by Gasteiger charge is -2.13. The van der Waals surface area contributed by atoms with Gasteiger partial charge >= 0.3 is 0 Å². The Labute approximate surface area is 58.7 Å². The Morgan fingerprint density at radius 2 is 1.22 bits per heavy atom. The zero-order valence-electron chi connectivity index (χ0n) is 6.23. The summed E-state index contributed by atoms with van der Waals surface area (Å²) in [6, 6.07) is 0. The van der Waals surface area contributed by atoms with Crippen molar-refractivity contribution in [3.8, 4) is 0 Å². The Hall–Kier alpha value is 0. The van der Waals surface area contributed by atoms with E-state index in [0.29, 0.717) is 0 Å². The molecule has 0 nitrogen and oxygen atoms in total. The van der Waals surface area contributed by atoms with Crippen LogP contribution in [0.3, 0.4) is 0 Å². The van der Waals surface area contributed by atoms with Crippen LogP contribution in [0.2, 0.25) is 0 Å². The van der Waals surface area contributed by atoms with Crippen LogP contribution in [-0.2, 0) is 0 Å². The van der Waals surface area contributed by atoms with Gasteiger partial charge < -0.3 is 0 Å². The summed E-state index contributed by atoms with van der Waals surface area (Å²) in [6.07, 6.45) is 9.97. The molecule has 0 saturated heterocycles. The predicted molar refractivity (Wildman–Crippen MR) is 41.2 cm³/mol. The molecule has 0 aromatic rings. The summed E-state index contributed by atoms with van der Waals surface area (Å²) < 4.78 is 0. The molecule has 0 atom stereocenters. The average molecular weight is 125 g/mol. The molecule has 0 aromatic heterocycles. The maximum absolute atomic E-state index is 4.10. The van der Waals surface area contributed by atoms with Crippen LogP contribution >= 0.6 is 0 Å². The monoisotopic (exact) mass is 125 g/mol. The summed E-state index contributed by atoms with van der Waals surface area (Å²) in [4.78, 5) is 0. The maximum atomic E-state index is 4.10. The Bertz CT molecular complexity index is 58.4. The molecule has 1 aliphatic rings. The van der Waals surface area contributed by atoms with E-state index in [1.165, 1.54) is 44.9 Å². The van der Waals surface area contributed by atoms with Crippen LogP contribution in [-0.4, -0.2) is 0 Å². The van der Waals surface area contributed by atoms with E-state index in [-0.39, 0.29) is 0 Å². The fourth-order valence-electron chi connectivity index (χ4n) is 1.54. The van der Waals surface area contributed by atoms with Crippen molar-refractivity contribution in [1.29, 1.82) is 0 Å². The third-order valence-electron chi connectivity index (χ3n) is 2.22. The first-order valence-corrected chi connectivity index (χ1v) is 4.22. The Morgan fingerprint density at radius 3 is 1.78 bits per heavy atom. The molecule has 0 aliphatic heterocycles. The van der Waals surface area contributed by atoms with Crippen molar-refractivity contribution in [2.75, 3.05) is 0 Å². The molecule has 1 aliphatic carbocycles.